The third-order valence-corrected chi connectivity index (χ3v) is 3.34. The van der Waals surface area contributed by atoms with Crippen molar-refractivity contribution in [3.05, 3.63) is 35.4 Å². The van der Waals surface area contributed by atoms with E-state index in [0.717, 1.165) is 0 Å². The molecule has 106 valence electrons. The van der Waals surface area contributed by atoms with Crippen LogP contribution < -0.4 is 5.73 Å². The Bertz CT molecular complexity index is 521. The summed E-state index contributed by atoms with van der Waals surface area (Å²) in [5.41, 5.74) is 6.25. The van der Waals surface area contributed by atoms with Gasteiger partial charge in [0.25, 0.3) is 11.8 Å². The number of carboxylic acid groups (broad SMARTS) is 1. The fourth-order valence-electron chi connectivity index (χ4n) is 2.20. The third-order valence-electron chi connectivity index (χ3n) is 3.34. The average Bonchev–Trinajstić information content (AvgIpc) is 2.68. The number of carboxylic acids is 1. The molecule has 1 aromatic carbocycles. The molecule has 0 fully saturated rings. The van der Waals surface area contributed by atoms with E-state index in [4.69, 9.17) is 10.8 Å². The zero-order valence-electron chi connectivity index (χ0n) is 10.9. The van der Waals surface area contributed by atoms with Crippen LogP contribution in [0.2, 0.25) is 0 Å². The minimum Gasteiger partial charge on any atom is -0.480 e. The van der Waals surface area contributed by atoms with E-state index in [2.05, 4.69) is 0 Å². The molecule has 0 saturated carbocycles. The van der Waals surface area contributed by atoms with E-state index in [1.165, 1.54) is 4.90 Å². The summed E-state index contributed by atoms with van der Waals surface area (Å²) in [5.74, 6) is -1.60. The molecule has 0 radical (unpaired) electrons. The lowest BCUT2D eigenvalue weighted by molar-refractivity contribution is -0.138. The lowest BCUT2D eigenvalue weighted by atomic mass is 10.1. The van der Waals surface area contributed by atoms with Crippen LogP contribution in [0.15, 0.2) is 24.3 Å². The second-order valence-corrected chi connectivity index (χ2v) is 4.75. The molecule has 6 heteroatoms. The molecular formula is C14H16N2O4. The number of aliphatic carboxylic acids is 1. The smallest absolute Gasteiger partial charge is 0.320 e. The molecule has 2 amide bonds. The molecule has 0 unspecified atom stereocenters. The normalized spacial score (nSPS) is 15.3. The second kappa shape index (κ2) is 5.83. The van der Waals surface area contributed by atoms with E-state index in [0.29, 0.717) is 36.9 Å². The summed E-state index contributed by atoms with van der Waals surface area (Å²) in [5, 5.41) is 8.65. The summed E-state index contributed by atoms with van der Waals surface area (Å²) in [4.78, 5) is 35.8. The molecule has 6 nitrogen and oxygen atoms in total. The van der Waals surface area contributed by atoms with E-state index in [1.54, 1.807) is 24.3 Å². The third kappa shape index (κ3) is 2.70. The van der Waals surface area contributed by atoms with Crippen LogP contribution in [-0.2, 0) is 4.79 Å². The van der Waals surface area contributed by atoms with Crippen molar-refractivity contribution < 1.29 is 19.5 Å². The fourth-order valence-corrected chi connectivity index (χ4v) is 2.20. The molecule has 0 saturated heterocycles. The number of carbonyl (C=O) groups is 3. The van der Waals surface area contributed by atoms with Gasteiger partial charge in [-0.3, -0.25) is 19.3 Å². The van der Waals surface area contributed by atoms with E-state index in [1.807, 2.05) is 0 Å². The van der Waals surface area contributed by atoms with Gasteiger partial charge in [0.2, 0.25) is 0 Å². The first-order chi connectivity index (χ1) is 9.52. The molecule has 1 atom stereocenters. The lowest BCUT2D eigenvalue weighted by Gasteiger charge is -2.14. The second-order valence-electron chi connectivity index (χ2n) is 4.75. The number of rotatable bonds is 6. The average molecular weight is 277 g/mol. The van der Waals surface area contributed by atoms with E-state index in [9.17, 15) is 14.4 Å². The molecule has 0 bridgehead atoms. The Morgan fingerprint density at radius 3 is 2.20 bits per heavy atom. The number of fused-ring (bicyclic) bond motifs is 1. The Balaban J connectivity index is 1.88. The van der Waals surface area contributed by atoms with Crippen molar-refractivity contribution in [1.29, 1.82) is 0 Å². The highest BCUT2D eigenvalue weighted by molar-refractivity contribution is 6.21. The predicted octanol–water partition coefficient (Wildman–Crippen LogP) is 0.865. The fraction of sp³-hybridized carbons (Fsp3) is 0.357. The molecule has 3 N–H and O–H groups in total. The number of hydrogen-bond donors (Lipinski definition) is 2. The van der Waals surface area contributed by atoms with Crippen molar-refractivity contribution in [1.82, 2.24) is 4.90 Å². The molecule has 20 heavy (non-hydrogen) atoms. The quantitative estimate of drug-likeness (QED) is 0.456. The first kappa shape index (κ1) is 14.2. The summed E-state index contributed by atoms with van der Waals surface area (Å²) in [6.07, 6.45) is 1.44. The molecule has 1 aromatic rings. The maximum absolute atomic E-state index is 12.0. The monoisotopic (exact) mass is 277 g/mol. The Kier molecular flexibility index (Phi) is 4.14. The number of hydrogen-bond acceptors (Lipinski definition) is 4. The Labute approximate surface area is 116 Å². The Hall–Kier alpha value is -2.21. The minimum atomic E-state index is -1.04. The van der Waals surface area contributed by atoms with Crippen LogP contribution in [0.25, 0.3) is 0 Å². The maximum Gasteiger partial charge on any atom is 0.320 e. The zero-order chi connectivity index (χ0) is 14.7. The first-order valence-corrected chi connectivity index (χ1v) is 6.46. The number of imide groups is 1. The van der Waals surface area contributed by atoms with Crippen LogP contribution in [0.5, 0.6) is 0 Å². The molecule has 0 aliphatic carbocycles. The van der Waals surface area contributed by atoms with Crippen molar-refractivity contribution in [3.63, 3.8) is 0 Å². The summed E-state index contributed by atoms with van der Waals surface area (Å²) in [7, 11) is 0. The van der Waals surface area contributed by atoms with Gasteiger partial charge in [-0.15, -0.1) is 0 Å². The molecular weight excluding hydrogens is 261 g/mol. The van der Waals surface area contributed by atoms with Crippen LogP contribution in [0.4, 0.5) is 0 Å². The molecule has 2 rings (SSSR count). The van der Waals surface area contributed by atoms with E-state index in [-0.39, 0.29) is 11.8 Å². The van der Waals surface area contributed by atoms with Gasteiger partial charge in [0.05, 0.1) is 11.1 Å². The molecule has 0 aromatic heterocycles. The first-order valence-electron chi connectivity index (χ1n) is 6.46. The molecule has 0 spiro atoms. The number of carbonyl (C=O) groups excluding carboxylic acids is 2. The summed E-state index contributed by atoms with van der Waals surface area (Å²) in [6, 6.07) is 5.82. The largest absolute Gasteiger partial charge is 0.480 e. The van der Waals surface area contributed by atoms with Gasteiger partial charge in [-0.2, -0.15) is 0 Å². The summed E-state index contributed by atoms with van der Waals surface area (Å²) >= 11 is 0. The molecule has 1 heterocycles. The van der Waals surface area contributed by atoms with Crippen LogP contribution in [-0.4, -0.2) is 40.4 Å². The van der Waals surface area contributed by atoms with Crippen molar-refractivity contribution in [2.45, 2.75) is 25.3 Å². The number of amides is 2. The topological polar surface area (TPSA) is 101 Å². The van der Waals surface area contributed by atoms with Crippen molar-refractivity contribution in [2.24, 2.45) is 5.73 Å². The number of unbranched alkanes of at least 4 members (excludes halogenated alkanes) is 1. The van der Waals surface area contributed by atoms with Crippen LogP contribution in [0, 0.1) is 0 Å². The Morgan fingerprint density at radius 2 is 1.70 bits per heavy atom. The van der Waals surface area contributed by atoms with Gasteiger partial charge >= 0.3 is 5.97 Å². The van der Waals surface area contributed by atoms with Gasteiger partial charge in [0.1, 0.15) is 6.04 Å². The van der Waals surface area contributed by atoms with Crippen LogP contribution in [0.1, 0.15) is 40.0 Å². The zero-order valence-corrected chi connectivity index (χ0v) is 10.9. The van der Waals surface area contributed by atoms with E-state index < -0.39 is 12.0 Å². The molecule has 1 aliphatic rings. The minimum absolute atomic E-state index is 0.284. The van der Waals surface area contributed by atoms with Crippen molar-refractivity contribution >= 4 is 17.8 Å². The van der Waals surface area contributed by atoms with Crippen LogP contribution in [0.3, 0.4) is 0 Å². The number of nitrogens with two attached hydrogens (primary N) is 1. The predicted molar refractivity (Wildman–Crippen MR) is 71.3 cm³/mol. The van der Waals surface area contributed by atoms with Crippen molar-refractivity contribution in [2.75, 3.05) is 6.54 Å². The van der Waals surface area contributed by atoms with Gasteiger partial charge in [0.15, 0.2) is 0 Å². The lowest BCUT2D eigenvalue weighted by Crippen LogP contribution is -2.32. The van der Waals surface area contributed by atoms with Gasteiger partial charge < -0.3 is 10.8 Å². The number of nitrogens with zero attached hydrogens (tertiary/aromatic N) is 1. The summed E-state index contributed by atoms with van der Waals surface area (Å²) in [6.45, 7) is 0.290. The standard InChI is InChI=1S/C14H16N2O4/c15-11(14(19)20)7-3-4-8-16-12(17)9-5-1-2-6-10(9)13(16)18/h1-2,5-6,11H,3-4,7-8,15H2,(H,19,20)/t11-/m0/s1/i16+1. The van der Waals surface area contributed by atoms with E-state index >= 15 is 0 Å². The number of benzene rings is 1. The van der Waals surface area contributed by atoms with Gasteiger partial charge in [-0.1, -0.05) is 12.1 Å². The summed E-state index contributed by atoms with van der Waals surface area (Å²) < 4.78 is 0. The Morgan fingerprint density at radius 1 is 1.15 bits per heavy atom. The van der Waals surface area contributed by atoms with Gasteiger partial charge in [-0.25, -0.2) is 0 Å². The highest BCUT2D eigenvalue weighted by Gasteiger charge is 2.34. The van der Waals surface area contributed by atoms with Crippen molar-refractivity contribution in [3.8, 4) is 0 Å². The maximum atomic E-state index is 12.0. The highest BCUT2D eigenvalue weighted by Crippen LogP contribution is 2.22. The SMILES string of the molecule is N[C@@H](CCCC[15N]1C(=O)c2ccccc2C1=O)C(=O)O. The highest BCUT2D eigenvalue weighted by atomic mass is 16.4. The van der Waals surface area contributed by atoms with Gasteiger partial charge in [0, 0.05) is 6.54 Å². The van der Waals surface area contributed by atoms with Gasteiger partial charge in [-0.05, 0) is 31.4 Å². The van der Waals surface area contributed by atoms with Crippen LogP contribution >= 0.6 is 0 Å². The molecule has 1 aliphatic heterocycles.